The molecule has 0 amide bonds. The number of carboxylic acid groups (broad SMARTS) is 1. The lowest BCUT2D eigenvalue weighted by molar-refractivity contribution is -0.274. The van der Waals surface area contributed by atoms with E-state index in [-0.39, 0.29) is 33.9 Å². The molecule has 1 aromatic heterocycles. The van der Waals surface area contributed by atoms with Crippen molar-refractivity contribution in [2.75, 3.05) is 0 Å². The molecule has 12 heteroatoms. The molecular weight excluding hydrogens is 500 g/mol. The molecule has 0 radical (unpaired) electrons. The minimum absolute atomic E-state index is 0.0512. The number of aryl methyl sites for hydroxylation is 1. The number of carbonyl (C=O) groups is 1. The molecule has 0 aliphatic rings. The van der Waals surface area contributed by atoms with Gasteiger partial charge in [-0.2, -0.15) is 5.10 Å². The van der Waals surface area contributed by atoms with E-state index >= 15 is 0 Å². The van der Waals surface area contributed by atoms with Crippen LogP contribution in [0.5, 0.6) is 17.2 Å². The standard InChI is InChI=1S/C22H19Cl2F3N2O5/c1-21(2,20(30)31)34-19-10-15(23)18(9-16(19)24)32-11-13-8-17(28-29(13)3)12-4-6-14(7-5-12)33-22(25,26)27/h4-10H,11H2,1-3H3,(H,30,31). The topological polar surface area (TPSA) is 82.8 Å². The Hall–Kier alpha value is -3.11. The van der Waals surface area contributed by atoms with E-state index in [4.69, 9.17) is 32.7 Å². The molecule has 0 saturated heterocycles. The van der Waals surface area contributed by atoms with Crippen LogP contribution in [0.3, 0.4) is 0 Å². The fourth-order valence-electron chi connectivity index (χ4n) is 2.78. The quantitative estimate of drug-likeness (QED) is 0.387. The summed E-state index contributed by atoms with van der Waals surface area (Å²) in [6.45, 7) is 2.80. The van der Waals surface area contributed by atoms with Crippen LogP contribution in [0.2, 0.25) is 10.0 Å². The van der Waals surface area contributed by atoms with Crippen LogP contribution in [-0.4, -0.2) is 32.8 Å². The first-order chi connectivity index (χ1) is 15.7. The maximum Gasteiger partial charge on any atom is 0.573 e. The maximum absolute atomic E-state index is 12.3. The second-order valence-corrected chi connectivity index (χ2v) is 8.45. The largest absolute Gasteiger partial charge is 0.573 e. The molecule has 3 aromatic rings. The van der Waals surface area contributed by atoms with Gasteiger partial charge in [0.1, 0.15) is 23.9 Å². The molecule has 0 aliphatic carbocycles. The summed E-state index contributed by atoms with van der Waals surface area (Å²) in [5.41, 5.74) is 0.228. The SMILES string of the molecule is Cn1nc(-c2ccc(OC(F)(F)F)cc2)cc1COc1cc(Cl)c(OC(C)(C)C(=O)O)cc1Cl. The van der Waals surface area contributed by atoms with Crippen molar-refractivity contribution in [1.82, 2.24) is 9.78 Å². The number of halogens is 5. The monoisotopic (exact) mass is 518 g/mol. The van der Waals surface area contributed by atoms with Gasteiger partial charge in [-0.1, -0.05) is 23.2 Å². The Morgan fingerprint density at radius 3 is 2.21 bits per heavy atom. The Labute approximate surface area is 202 Å². The van der Waals surface area contributed by atoms with Crippen molar-refractivity contribution >= 4 is 29.2 Å². The first-order valence-corrected chi connectivity index (χ1v) is 10.4. The van der Waals surface area contributed by atoms with Crippen LogP contribution in [0.1, 0.15) is 19.5 Å². The van der Waals surface area contributed by atoms with E-state index in [9.17, 15) is 23.1 Å². The number of aliphatic carboxylic acids is 1. The average Bonchev–Trinajstić information content (AvgIpc) is 3.09. The zero-order chi connectivity index (χ0) is 25.3. The van der Waals surface area contributed by atoms with Gasteiger partial charge in [-0.15, -0.1) is 13.2 Å². The van der Waals surface area contributed by atoms with E-state index in [1.54, 1.807) is 17.8 Å². The molecule has 34 heavy (non-hydrogen) atoms. The third-order valence-electron chi connectivity index (χ3n) is 4.60. The number of nitrogens with zero attached hydrogens (tertiary/aromatic N) is 2. The van der Waals surface area contributed by atoms with Crippen molar-refractivity contribution in [3.05, 3.63) is 58.2 Å². The van der Waals surface area contributed by atoms with Crippen molar-refractivity contribution < 1.29 is 37.3 Å². The van der Waals surface area contributed by atoms with Gasteiger partial charge in [0, 0.05) is 24.7 Å². The van der Waals surface area contributed by atoms with E-state index in [0.717, 1.165) is 0 Å². The molecule has 182 valence electrons. The molecular formula is C22H19Cl2F3N2O5. The highest BCUT2D eigenvalue weighted by molar-refractivity contribution is 6.35. The van der Waals surface area contributed by atoms with Crippen molar-refractivity contribution in [1.29, 1.82) is 0 Å². The zero-order valence-electron chi connectivity index (χ0n) is 18.1. The van der Waals surface area contributed by atoms with Gasteiger partial charge in [0.15, 0.2) is 5.60 Å². The van der Waals surface area contributed by atoms with E-state index in [1.807, 2.05) is 0 Å². The molecule has 0 bridgehead atoms. The lowest BCUT2D eigenvalue weighted by Gasteiger charge is -2.22. The summed E-state index contributed by atoms with van der Waals surface area (Å²) in [7, 11) is 1.68. The van der Waals surface area contributed by atoms with Gasteiger partial charge in [0.2, 0.25) is 0 Å². The molecule has 7 nitrogen and oxygen atoms in total. The second-order valence-electron chi connectivity index (χ2n) is 7.64. The van der Waals surface area contributed by atoms with Gasteiger partial charge in [0.25, 0.3) is 0 Å². The summed E-state index contributed by atoms with van der Waals surface area (Å²) in [6, 6.07) is 9.80. The molecule has 0 aliphatic heterocycles. The van der Waals surface area contributed by atoms with Crippen LogP contribution in [0.25, 0.3) is 11.3 Å². The molecule has 3 rings (SSSR count). The zero-order valence-corrected chi connectivity index (χ0v) is 19.6. The van der Waals surface area contributed by atoms with Gasteiger partial charge in [-0.3, -0.25) is 4.68 Å². The Balaban J connectivity index is 1.72. The van der Waals surface area contributed by atoms with Gasteiger partial charge < -0.3 is 19.3 Å². The lowest BCUT2D eigenvalue weighted by Crippen LogP contribution is -2.37. The van der Waals surface area contributed by atoms with E-state index in [2.05, 4.69) is 9.84 Å². The number of hydrogen-bond acceptors (Lipinski definition) is 5. The van der Waals surface area contributed by atoms with Gasteiger partial charge in [-0.25, -0.2) is 4.79 Å². The number of ether oxygens (including phenoxy) is 3. The Kier molecular flexibility index (Phi) is 7.23. The van der Waals surface area contributed by atoms with Crippen molar-refractivity contribution in [3.8, 4) is 28.5 Å². The van der Waals surface area contributed by atoms with Crippen LogP contribution in [-0.2, 0) is 18.4 Å². The number of alkyl halides is 3. The third-order valence-corrected chi connectivity index (χ3v) is 5.19. The molecule has 1 N–H and O–H groups in total. The maximum atomic E-state index is 12.3. The summed E-state index contributed by atoms with van der Waals surface area (Å²) in [6.07, 6.45) is -4.77. The Bertz CT molecular complexity index is 1190. The predicted octanol–water partition coefficient (Wildman–Crippen LogP) is 6.11. The normalized spacial score (nSPS) is 11.9. The highest BCUT2D eigenvalue weighted by Gasteiger charge is 2.31. The van der Waals surface area contributed by atoms with Crippen LogP contribution in [0.15, 0.2) is 42.5 Å². The number of aromatic nitrogens is 2. The van der Waals surface area contributed by atoms with Gasteiger partial charge >= 0.3 is 12.3 Å². The van der Waals surface area contributed by atoms with Crippen LogP contribution in [0, 0.1) is 0 Å². The number of benzene rings is 2. The molecule has 0 unspecified atom stereocenters. The van der Waals surface area contributed by atoms with Gasteiger partial charge in [-0.05, 0) is 44.2 Å². The fraction of sp³-hybridized carbons (Fsp3) is 0.273. The highest BCUT2D eigenvalue weighted by Crippen LogP contribution is 2.38. The average molecular weight is 519 g/mol. The molecule has 0 atom stereocenters. The number of rotatable bonds is 8. The number of carboxylic acids is 1. The van der Waals surface area contributed by atoms with Crippen molar-refractivity contribution in [3.63, 3.8) is 0 Å². The summed E-state index contributed by atoms with van der Waals surface area (Å²) < 4.78 is 53.6. The van der Waals surface area contributed by atoms with Crippen LogP contribution < -0.4 is 14.2 Å². The fourth-order valence-corrected chi connectivity index (χ4v) is 3.18. The highest BCUT2D eigenvalue weighted by atomic mass is 35.5. The van der Waals surface area contributed by atoms with Gasteiger partial charge in [0.05, 0.1) is 21.4 Å². The molecule has 0 fully saturated rings. The van der Waals surface area contributed by atoms with E-state index in [0.29, 0.717) is 17.0 Å². The Morgan fingerprint density at radius 2 is 1.62 bits per heavy atom. The Morgan fingerprint density at radius 1 is 1.03 bits per heavy atom. The molecule has 0 spiro atoms. The predicted molar refractivity (Wildman–Crippen MR) is 118 cm³/mol. The summed E-state index contributed by atoms with van der Waals surface area (Å²) in [4.78, 5) is 11.3. The summed E-state index contributed by atoms with van der Waals surface area (Å²) in [5.74, 6) is -1.17. The molecule has 0 saturated carbocycles. The van der Waals surface area contributed by atoms with Crippen molar-refractivity contribution in [2.45, 2.75) is 32.4 Å². The third kappa shape index (κ3) is 6.27. The lowest BCUT2D eigenvalue weighted by atomic mass is 10.1. The first kappa shape index (κ1) is 25.5. The van der Waals surface area contributed by atoms with Crippen LogP contribution >= 0.6 is 23.2 Å². The first-order valence-electron chi connectivity index (χ1n) is 9.68. The molecule has 2 aromatic carbocycles. The minimum Gasteiger partial charge on any atom is -0.486 e. The summed E-state index contributed by atoms with van der Waals surface area (Å²) >= 11 is 12.5. The second kappa shape index (κ2) is 9.63. The number of hydrogen-bond donors (Lipinski definition) is 1. The van der Waals surface area contributed by atoms with Crippen molar-refractivity contribution in [2.24, 2.45) is 7.05 Å². The minimum atomic E-state index is -4.77. The van der Waals surface area contributed by atoms with Crippen LogP contribution in [0.4, 0.5) is 13.2 Å². The molecule has 1 heterocycles. The summed E-state index contributed by atoms with van der Waals surface area (Å²) in [5, 5.41) is 13.8. The van der Waals surface area contributed by atoms with E-state index < -0.39 is 17.9 Å². The smallest absolute Gasteiger partial charge is 0.486 e. The van der Waals surface area contributed by atoms with E-state index in [1.165, 1.54) is 50.2 Å².